The summed E-state index contributed by atoms with van der Waals surface area (Å²) in [5, 5.41) is 0.188. The molecule has 0 amide bonds. The summed E-state index contributed by atoms with van der Waals surface area (Å²) in [5.41, 5.74) is 6.04. The van der Waals surface area contributed by atoms with Gasteiger partial charge in [0.15, 0.2) is 16.7 Å². The van der Waals surface area contributed by atoms with Gasteiger partial charge in [-0.1, -0.05) is 18.5 Å². The Balaban J connectivity index is 1.93. The van der Waals surface area contributed by atoms with Crippen LogP contribution in [0.4, 0.5) is 5.69 Å². The first kappa shape index (κ1) is 12.8. The van der Waals surface area contributed by atoms with E-state index in [0.29, 0.717) is 29.5 Å². The fourth-order valence-corrected chi connectivity index (χ4v) is 1.93. The Morgan fingerprint density at radius 3 is 2.90 bits per heavy atom. The molecule has 6 nitrogen and oxygen atoms in total. The number of aryl methyl sites for hydroxylation is 1. The van der Waals surface area contributed by atoms with Gasteiger partial charge < -0.3 is 19.9 Å². The number of halogens is 1. The molecule has 2 aromatic rings. The lowest BCUT2D eigenvalue weighted by molar-refractivity contribution is 0.174. The van der Waals surface area contributed by atoms with Crippen molar-refractivity contribution >= 4 is 17.3 Å². The SMILES string of the molecule is CCc1nc(Cl)c(N)c(Oc2ccc3c(c2)OCO3)n1. The zero-order valence-electron chi connectivity index (χ0n) is 10.7. The largest absolute Gasteiger partial charge is 0.454 e. The van der Waals surface area contributed by atoms with Crippen LogP contribution >= 0.6 is 11.6 Å². The van der Waals surface area contributed by atoms with Gasteiger partial charge in [-0.2, -0.15) is 4.98 Å². The van der Waals surface area contributed by atoms with E-state index in [4.69, 9.17) is 31.5 Å². The number of aromatic nitrogens is 2. The highest BCUT2D eigenvalue weighted by Crippen LogP contribution is 2.37. The molecule has 1 aliphatic heterocycles. The molecule has 0 spiro atoms. The zero-order chi connectivity index (χ0) is 14.1. The van der Waals surface area contributed by atoms with Gasteiger partial charge in [-0.25, -0.2) is 4.98 Å². The molecule has 0 radical (unpaired) electrons. The molecule has 1 aromatic heterocycles. The van der Waals surface area contributed by atoms with Crippen LogP contribution in [0, 0.1) is 0 Å². The highest BCUT2D eigenvalue weighted by molar-refractivity contribution is 6.32. The Kier molecular flexibility index (Phi) is 3.23. The molecule has 0 unspecified atom stereocenters. The van der Waals surface area contributed by atoms with Gasteiger partial charge in [0.1, 0.15) is 17.3 Å². The van der Waals surface area contributed by atoms with Crippen LogP contribution in [-0.2, 0) is 6.42 Å². The van der Waals surface area contributed by atoms with Crippen LogP contribution in [0.5, 0.6) is 23.1 Å². The van der Waals surface area contributed by atoms with Crippen molar-refractivity contribution in [3.8, 4) is 23.1 Å². The van der Waals surface area contributed by atoms with Crippen molar-refractivity contribution in [2.24, 2.45) is 0 Å². The Hall–Kier alpha value is -2.21. The molecule has 0 saturated heterocycles. The Morgan fingerprint density at radius 1 is 1.30 bits per heavy atom. The second-order valence-electron chi connectivity index (χ2n) is 4.12. The smallest absolute Gasteiger partial charge is 0.247 e. The van der Waals surface area contributed by atoms with Gasteiger partial charge in [-0.15, -0.1) is 0 Å². The molecular weight excluding hydrogens is 282 g/mol. The van der Waals surface area contributed by atoms with Crippen LogP contribution in [0.3, 0.4) is 0 Å². The van der Waals surface area contributed by atoms with E-state index in [1.807, 2.05) is 6.92 Å². The third kappa shape index (κ3) is 2.30. The minimum Gasteiger partial charge on any atom is -0.454 e. The lowest BCUT2D eigenvalue weighted by atomic mass is 10.3. The number of anilines is 1. The number of nitrogen functional groups attached to an aromatic ring is 1. The number of nitrogens with zero attached hydrogens (tertiary/aromatic N) is 2. The number of rotatable bonds is 3. The van der Waals surface area contributed by atoms with Crippen LogP contribution < -0.4 is 19.9 Å². The third-order valence-corrected chi connectivity index (χ3v) is 3.07. The number of hydrogen-bond donors (Lipinski definition) is 1. The van der Waals surface area contributed by atoms with E-state index in [1.54, 1.807) is 18.2 Å². The van der Waals surface area contributed by atoms with Crippen LogP contribution in [0.1, 0.15) is 12.7 Å². The van der Waals surface area contributed by atoms with Crippen molar-refractivity contribution in [1.29, 1.82) is 0 Å². The van der Waals surface area contributed by atoms with Crippen molar-refractivity contribution in [2.75, 3.05) is 12.5 Å². The summed E-state index contributed by atoms with van der Waals surface area (Å²) in [4.78, 5) is 8.28. The number of ether oxygens (including phenoxy) is 3. The highest BCUT2D eigenvalue weighted by Gasteiger charge is 2.16. The Bertz CT molecular complexity index is 664. The van der Waals surface area contributed by atoms with E-state index in [2.05, 4.69) is 9.97 Å². The average Bonchev–Trinajstić information content (AvgIpc) is 2.91. The number of fused-ring (bicyclic) bond motifs is 1. The number of hydrogen-bond acceptors (Lipinski definition) is 6. The zero-order valence-corrected chi connectivity index (χ0v) is 11.5. The Morgan fingerprint density at radius 2 is 2.10 bits per heavy atom. The van der Waals surface area contributed by atoms with Gasteiger partial charge in [-0.3, -0.25) is 0 Å². The van der Waals surface area contributed by atoms with Crippen molar-refractivity contribution < 1.29 is 14.2 Å². The maximum atomic E-state index is 5.96. The van der Waals surface area contributed by atoms with E-state index in [-0.39, 0.29) is 23.5 Å². The third-order valence-electron chi connectivity index (χ3n) is 2.79. The molecule has 0 fully saturated rings. The van der Waals surface area contributed by atoms with Crippen molar-refractivity contribution in [1.82, 2.24) is 9.97 Å². The summed E-state index contributed by atoms with van der Waals surface area (Å²) in [7, 11) is 0. The van der Waals surface area contributed by atoms with Crippen LogP contribution in [-0.4, -0.2) is 16.8 Å². The van der Waals surface area contributed by atoms with Crippen molar-refractivity contribution in [3.05, 3.63) is 29.2 Å². The normalized spacial score (nSPS) is 12.5. The van der Waals surface area contributed by atoms with E-state index in [9.17, 15) is 0 Å². The maximum absolute atomic E-state index is 5.96. The molecule has 0 bridgehead atoms. The lowest BCUT2D eigenvalue weighted by Crippen LogP contribution is -2.02. The van der Waals surface area contributed by atoms with E-state index in [0.717, 1.165) is 0 Å². The van der Waals surface area contributed by atoms with Crippen LogP contribution in [0.15, 0.2) is 18.2 Å². The van der Waals surface area contributed by atoms with Gasteiger partial charge >= 0.3 is 0 Å². The summed E-state index contributed by atoms with van der Waals surface area (Å²) < 4.78 is 16.2. The van der Waals surface area contributed by atoms with Gasteiger partial charge in [0.05, 0.1) is 0 Å². The van der Waals surface area contributed by atoms with Gasteiger partial charge in [-0.05, 0) is 12.1 Å². The first-order valence-electron chi connectivity index (χ1n) is 6.06. The van der Waals surface area contributed by atoms with E-state index >= 15 is 0 Å². The predicted octanol–water partition coefficient (Wildman–Crippen LogP) is 2.80. The molecule has 104 valence electrons. The fraction of sp³-hybridized carbons (Fsp3) is 0.231. The molecule has 0 aliphatic carbocycles. The quantitative estimate of drug-likeness (QED) is 0.877. The topological polar surface area (TPSA) is 79.5 Å². The number of benzene rings is 1. The second kappa shape index (κ2) is 5.05. The summed E-state index contributed by atoms with van der Waals surface area (Å²) >= 11 is 5.96. The molecular formula is C13H12ClN3O3. The molecule has 3 rings (SSSR count). The van der Waals surface area contributed by atoms with Crippen molar-refractivity contribution in [3.63, 3.8) is 0 Å². The van der Waals surface area contributed by atoms with E-state index in [1.165, 1.54) is 0 Å². The Labute approximate surface area is 120 Å². The number of nitrogens with two attached hydrogens (primary N) is 1. The minimum absolute atomic E-state index is 0.188. The minimum atomic E-state index is 0.188. The molecule has 2 heterocycles. The maximum Gasteiger partial charge on any atom is 0.247 e. The molecule has 1 aliphatic rings. The fourth-order valence-electron chi connectivity index (χ4n) is 1.75. The van der Waals surface area contributed by atoms with Crippen LogP contribution in [0.2, 0.25) is 5.15 Å². The lowest BCUT2D eigenvalue weighted by Gasteiger charge is -2.10. The standard InChI is InChI=1S/C13H12ClN3O3/c1-2-10-16-12(14)11(15)13(17-10)20-7-3-4-8-9(5-7)19-6-18-8/h3-5H,2,6,15H2,1H3. The van der Waals surface area contributed by atoms with Gasteiger partial charge in [0.2, 0.25) is 12.7 Å². The summed E-state index contributed by atoms with van der Waals surface area (Å²) in [6, 6.07) is 5.22. The van der Waals surface area contributed by atoms with Crippen LogP contribution in [0.25, 0.3) is 0 Å². The molecule has 0 atom stereocenters. The van der Waals surface area contributed by atoms with E-state index < -0.39 is 0 Å². The van der Waals surface area contributed by atoms with Gasteiger partial charge in [0, 0.05) is 12.5 Å². The first-order chi connectivity index (χ1) is 9.67. The summed E-state index contributed by atoms with van der Waals surface area (Å²) in [6.07, 6.45) is 0.636. The average molecular weight is 294 g/mol. The molecule has 1 aromatic carbocycles. The second-order valence-corrected chi connectivity index (χ2v) is 4.48. The first-order valence-corrected chi connectivity index (χ1v) is 6.44. The predicted molar refractivity (Wildman–Crippen MR) is 73.5 cm³/mol. The van der Waals surface area contributed by atoms with Crippen molar-refractivity contribution in [2.45, 2.75) is 13.3 Å². The monoisotopic (exact) mass is 293 g/mol. The summed E-state index contributed by atoms with van der Waals surface area (Å²) in [5.74, 6) is 2.65. The molecule has 7 heteroatoms. The highest BCUT2D eigenvalue weighted by atomic mass is 35.5. The van der Waals surface area contributed by atoms with Gasteiger partial charge in [0.25, 0.3) is 0 Å². The molecule has 2 N–H and O–H groups in total. The molecule has 20 heavy (non-hydrogen) atoms. The molecule has 0 saturated carbocycles. The summed E-state index contributed by atoms with van der Waals surface area (Å²) in [6.45, 7) is 2.13.